The molecule has 1 heterocycles. The molecule has 0 fully saturated rings. The Hall–Kier alpha value is -2.14. The van der Waals surface area contributed by atoms with Crippen LogP contribution in [-0.4, -0.2) is 42.9 Å². The molecule has 5 heteroatoms. The lowest BCUT2D eigenvalue weighted by Gasteiger charge is -2.13. The van der Waals surface area contributed by atoms with E-state index in [1.807, 2.05) is 16.8 Å². The Morgan fingerprint density at radius 2 is 1.91 bits per heavy atom. The number of quaternary nitrogens is 1. The van der Waals surface area contributed by atoms with Crippen molar-refractivity contribution in [2.75, 3.05) is 27.2 Å². The first kappa shape index (κ1) is 17.2. The summed E-state index contributed by atoms with van der Waals surface area (Å²) in [7, 11) is 4.14. The van der Waals surface area contributed by atoms with Crippen molar-refractivity contribution in [3.05, 3.63) is 47.3 Å². The average Bonchev–Trinajstić information content (AvgIpc) is 2.92. The van der Waals surface area contributed by atoms with Gasteiger partial charge in [0.2, 0.25) is 0 Å². The minimum atomic E-state index is -0.0479. The molecule has 2 rings (SSSR count). The van der Waals surface area contributed by atoms with Crippen LogP contribution in [0.2, 0.25) is 0 Å². The molecule has 5 nitrogen and oxygen atoms in total. The highest BCUT2D eigenvalue weighted by Crippen LogP contribution is 2.23. The van der Waals surface area contributed by atoms with Crippen LogP contribution >= 0.6 is 0 Å². The second-order valence-corrected chi connectivity index (χ2v) is 6.56. The number of carbonyl (C=O) groups is 1. The average molecular weight is 315 g/mol. The van der Waals surface area contributed by atoms with Crippen molar-refractivity contribution in [3.63, 3.8) is 0 Å². The fourth-order valence-corrected chi connectivity index (χ4v) is 2.50. The van der Waals surface area contributed by atoms with Crippen LogP contribution in [-0.2, 0) is 0 Å². The van der Waals surface area contributed by atoms with E-state index in [9.17, 15) is 4.79 Å². The smallest absolute Gasteiger partial charge is 0.254 e. The lowest BCUT2D eigenvalue weighted by Crippen LogP contribution is -3.06. The Kier molecular flexibility index (Phi) is 5.55. The molecule has 2 N–H and O–H groups in total. The highest BCUT2D eigenvalue weighted by atomic mass is 16.1. The Bertz CT molecular complexity index is 656. The summed E-state index contributed by atoms with van der Waals surface area (Å²) in [5, 5.41) is 7.44. The molecule has 124 valence electrons. The first-order valence-electron chi connectivity index (χ1n) is 8.12. The number of amides is 1. The van der Waals surface area contributed by atoms with Gasteiger partial charge in [-0.15, -0.1) is 0 Å². The maximum absolute atomic E-state index is 12.5. The van der Waals surface area contributed by atoms with Crippen molar-refractivity contribution >= 4 is 5.91 Å². The maximum atomic E-state index is 12.5. The molecule has 0 aliphatic rings. The second-order valence-electron chi connectivity index (χ2n) is 6.56. The van der Waals surface area contributed by atoms with E-state index in [0.717, 1.165) is 17.9 Å². The molecule has 0 saturated heterocycles. The molecule has 23 heavy (non-hydrogen) atoms. The van der Waals surface area contributed by atoms with Crippen molar-refractivity contribution in [3.8, 4) is 5.69 Å². The van der Waals surface area contributed by atoms with E-state index >= 15 is 0 Å². The zero-order valence-electron chi connectivity index (χ0n) is 14.7. The van der Waals surface area contributed by atoms with Crippen molar-refractivity contribution < 1.29 is 9.69 Å². The normalized spacial score (nSPS) is 11.3. The van der Waals surface area contributed by atoms with Crippen molar-refractivity contribution in [1.82, 2.24) is 15.1 Å². The SMILES string of the molecule is Cc1ccc(-n2ncc(C(=O)NCC[NH+](C)C)c2C(C)C)cc1. The van der Waals surface area contributed by atoms with Gasteiger partial charge in [0.15, 0.2) is 0 Å². The lowest BCUT2D eigenvalue weighted by atomic mass is 10.0. The van der Waals surface area contributed by atoms with E-state index < -0.39 is 0 Å². The highest BCUT2D eigenvalue weighted by molar-refractivity contribution is 5.95. The van der Waals surface area contributed by atoms with Crippen LogP contribution in [0.4, 0.5) is 0 Å². The largest absolute Gasteiger partial charge is 0.346 e. The van der Waals surface area contributed by atoms with Gasteiger partial charge in [-0.25, -0.2) is 4.68 Å². The molecular formula is C18H27N4O+. The standard InChI is InChI=1S/C18H26N4O/c1-13(2)17-16(18(23)19-10-11-21(4)5)12-20-22(17)15-8-6-14(3)7-9-15/h6-9,12-13H,10-11H2,1-5H3,(H,19,23)/p+1. The molecule has 0 atom stereocenters. The molecule has 1 amide bonds. The molecule has 1 aromatic heterocycles. The van der Waals surface area contributed by atoms with Crippen LogP contribution in [0.15, 0.2) is 30.5 Å². The summed E-state index contributed by atoms with van der Waals surface area (Å²) < 4.78 is 1.87. The second kappa shape index (κ2) is 7.42. The molecule has 0 saturated carbocycles. The number of hydrogen-bond acceptors (Lipinski definition) is 2. The van der Waals surface area contributed by atoms with Crippen LogP contribution in [0.25, 0.3) is 5.69 Å². The number of nitrogens with zero attached hydrogens (tertiary/aromatic N) is 2. The minimum Gasteiger partial charge on any atom is -0.346 e. The van der Waals surface area contributed by atoms with Gasteiger partial charge in [-0.3, -0.25) is 4.79 Å². The third kappa shape index (κ3) is 4.20. The molecule has 0 radical (unpaired) electrons. The van der Waals surface area contributed by atoms with E-state index in [-0.39, 0.29) is 11.8 Å². The molecule has 0 bridgehead atoms. The van der Waals surface area contributed by atoms with E-state index in [4.69, 9.17) is 0 Å². The van der Waals surface area contributed by atoms with Gasteiger partial charge in [-0.2, -0.15) is 5.10 Å². The molecule has 2 aromatic rings. The Labute approximate surface area is 138 Å². The summed E-state index contributed by atoms with van der Waals surface area (Å²) in [4.78, 5) is 13.8. The maximum Gasteiger partial charge on any atom is 0.254 e. The number of nitrogens with one attached hydrogen (secondary N) is 2. The van der Waals surface area contributed by atoms with Crippen molar-refractivity contribution in [2.24, 2.45) is 0 Å². The predicted octanol–water partition coefficient (Wildman–Crippen LogP) is 1.18. The van der Waals surface area contributed by atoms with Gasteiger partial charge in [0.25, 0.3) is 5.91 Å². The molecule has 1 aromatic carbocycles. The van der Waals surface area contributed by atoms with Crippen LogP contribution in [0.3, 0.4) is 0 Å². The predicted molar refractivity (Wildman–Crippen MR) is 92.4 cm³/mol. The van der Waals surface area contributed by atoms with Crippen LogP contribution < -0.4 is 10.2 Å². The van der Waals surface area contributed by atoms with Gasteiger partial charge in [0, 0.05) is 0 Å². The number of aryl methyl sites for hydroxylation is 1. The summed E-state index contributed by atoms with van der Waals surface area (Å²) in [6.45, 7) is 7.79. The molecule has 0 aliphatic heterocycles. The number of benzene rings is 1. The van der Waals surface area contributed by atoms with E-state index in [1.165, 1.54) is 10.5 Å². The monoisotopic (exact) mass is 315 g/mol. The van der Waals surface area contributed by atoms with Crippen LogP contribution in [0.1, 0.15) is 41.4 Å². The van der Waals surface area contributed by atoms with Crippen molar-refractivity contribution in [2.45, 2.75) is 26.7 Å². The van der Waals surface area contributed by atoms with Crippen LogP contribution in [0.5, 0.6) is 0 Å². The van der Waals surface area contributed by atoms with Gasteiger partial charge in [0.05, 0.1) is 50.3 Å². The molecular weight excluding hydrogens is 288 g/mol. The van der Waals surface area contributed by atoms with Gasteiger partial charge in [0.1, 0.15) is 0 Å². The summed E-state index contributed by atoms with van der Waals surface area (Å²) in [6.07, 6.45) is 1.67. The van der Waals surface area contributed by atoms with Gasteiger partial charge in [-0.1, -0.05) is 31.5 Å². The fraction of sp³-hybridized carbons (Fsp3) is 0.444. The number of aromatic nitrogens is 2. The number of hydrogen-bond donors (Lipinski definition) is 2. The van der Waals surface area contributed by atoms with Crippen LogP contribution in [0, 0.1) is 6.92 Å². The summed E-state index contributed by atoms with van der Waals surface area (Å²) in [6, 6.07) is 8.18. The summed E-state index contributed by atoms with van der Waals surface area (Å²) in [5.74, 6) is 0.160. The Morgan fingerprint density at radius 1 is 1.26 bits per heavy atom. The zero-order valence-corrected chi connectivity index (χ0v) is 14.7. The number of likely N-dealkylation sites (N-methyl/N-ethyl adjacent to an activating group) is 1. The zero-order chi connectivity index (χ0) is 17.0. The quantitative estimate of drug-likeness (QED) is 0.841. The Morgan fingerprint density at radius 3 is 2.48 bits per heavy atom. The third-order valence-electron chi connectivity index (χ3n) is 3.79. The molecule has 0 aliphatic carbocycles. The van der Waals surface area contributed by atoms with Gasteiger partial charge in [-0.05, 0) is 25.0 Å². The van der Waals surface area contributed by atoms with E-state index in [0.29, 0.717) is 12.1 Å². The molecule has 0 unspecified atom stereocenters. The first-order chi connectivity index (χ1) is 10.9. The third-order valence-corrected chi connectivity index (χ3v) is 3.79. The summed E-state index contributed by atoms with van der Waals surface area (Å²) in [5.41, 5.74) is 3.80. The topological polar surface area (TPSA) is 51.4 Å². The Balaban J connectivity index is 2.28. The number of rotatable bonds is 6. The van der Waals surface area contributed by atoms with Gasteiger partial charge >= 0.3 is 0 Å². The minimum absolute atomic E-state index is 0.0479. The van der Waals surface area contributed by atoms with Crippen molar-refractivity contribution in [1.29, 1.82) is 0 Å². The highest BCUT2D eigenvalue weighted by Gasteiger charge is 2.20. The first-order valence-corrected chi connectivity index (χ1v) is 8.12. The lowest BCUT2D eigenvalue weighted by molar-refractivity contribution is -0.856. The summed E-state index contributed by atoms with van der Waals surface area (Å²) >= 11 is 0. The van der Waals surface area contributed by atoms with Gasteiger partial charge < -0.3 is 10.2 Å². The fourth-order valence-electron chi connectivity index (χ4n) is 2.50. The molecule has 0 spiro atoms. The van der Waals surface area contributed by atoms with E-state index in [2.05, 4.69) is 57.4 Å². The number of carbonyl (C=O) groups excluding carboxylic acids is 1. The van der Waals surface area contributed by atoms with E-state index in [1.54, 1.807) is 6.20 Å².